The summed E-state index contributed by atoms with van der Waals surface area (Å²) in [6, 6.07) is 3.10. The number of hydrogen-bond acceptors (Lipinski definition) is 4. The highest BCUT2D eigenvalue weighted by Crippen LogP contribution is 2.24. The molecule has 0 spiro atoms. The fourth-order valence-corrected chi connectivity index (χ4v) is 2.09. The van der Waals surface area contributed by atoms with Crippen LogP contribution in [0.25, 0.3) is 5.69 Å². The molecule has 96 valence electrons. The van der Waals surface area contributed by atoms with Crippen molar-refractivity contribution in [3.8, 4) is 5.69 Å². The summed E-state index contributed by atoms with van der Waals surface area (Å²) in [5.74, 6) is 0.302. The predicted molar refractivity (Wildman–Crippen MR) is 69.0 cm³/mol. The summed E-state index contributed by atoms with van der Waals surface area (Å²) in [5.41, 5.74) is 1.53. The van der Waals surface area contributed by atoms with Crippen LogP contribution >= 0.6 is 15.9 Å². The van der Waals surface area contributed by atoms with Gasteiger partial charge in [0, 0.05) is 6.07 Å². The fraction of sp³-hybridized carbons (Fsp3) is 0.364. The maximum absolute atomic E-state index is 13.6. The number of nitrogens with one attached hydrogen (secondary N) is 1. The Balaban J connectivity index is 2.56. The molecule has 1 unspecified atom stereocenters. The lowest BCUT2D eigenvalue weighted by Crippen LogP contribution is -2.18. The highest BCUT2D eigenvalue weighted by atomic mass is 79.9. The van der Waals surface area contributed by atoms with E-state index >= 15 is 0 Å². The summed E-state index contributed by atoms with van der Waals surface area (Å²) in [5, 5.41) is 14.6. The van der Waals surface area contributed by atoms with Gasteiger partial charge in [0.15, 0.2) is 5.82 Å². The minimum atomic E-state index is -0.339. The summed E-state index contributed by atoms with van der Waals surface area (Å²) in [6.45, 7) is 3.82. The zero-order chi connectivity index (χ0) is 13.3. The van der Waals surface area contributed by atoms with E-state index in [1.165, 1.54) is 6.07 Å². The van der Waals surface area contributed by atoms with Crippen LogP contribution in [0.15, 0.2) is 16.6 Å². The molecule has 2 rings (SSSR count). The average molecular weight is 314 g/mol. The summed E-state index contributed by atoms with van der Waals surface area (Å²) < 4.78 is 15.6. The van der Waals surface area contributed by atoms with E-state index in [0.29, 0.717) is 16.0 Å². The Morgan fingerprint density at radius 3 is 2.83 bits per heavy atom. The minimum Gasteiger partial charge on any atom is -0.311 e. The van der Waals surface area contributed by atoms with Gasteiger partial charge < -0.3 is 5.32 Å². The van der Waals surface area contributed by atoms with Gasteiger partial charge in [0.25, 0.3) is 0 Å². The fourth-order valence-electron chi connectivity index (χ4n) is 1.63. The average Bonchev–Trinajstić information content (AvgIpc) is 2.81. The molecule has 7 heteroatoms. The summed E-state index contributed by atoms with van der Waals surface area (Å²) in [7, 11) is 1.82. The van der Waals surface area contributed by atoms with E-state index in [1.807, 2.05) is 20.9 Å². The third-order valence-corrected chi connectivity index (χ3v) is 3.39. The first-order valence-electron chi connectivity index (χ1n) is 5.46. The Hall–Kier alpha value is -1.34. The van der Waals surface area contributed by atoms with Crippen LogP contribution in [-0.2, 0) is 0 Å². The normalized spacial score (nSPS) is 12.7. The van der Waals surface area contributed by atoms with E-state index in [1.54, 1.807) is 10.7 Å². The molecule has 0 aliphatic rings. The van der Waals surface area contributed by atoms with Gasteiger partial charge in [0.1, 0.15) is 5.82 Å². The van der Waals surface area contributed by atoms with E-state index in [4.69, 9.17) is 0 Å². The molecular formula is C11H13BrFN5. The van der Waals surface area contributed by atoms with Crippen molar-refractivity contribution in [1.29, 1.82) is 0 Å². The molecule has 0 aliphatic carbocycles. The summed E-state index contributed by atoms with van der Waals surface area (Å²) >= 11 is 3.16. The largest absolute Gasteiger partial charge is 0.311 e. The Labute approximate surface area is 113 Å². The second-order valence-electron chi connectivity index (χ2n) is 4.01. The molecule has 0 fully saturated rings. The van der Waals surface area contributed by atoms with Crippen molar-refractivity contribution in [3.63, 3.8) is 0 Å². The SMILES string of the molecule is CNC(C)c1nnnn1-c1cc(F)c(Br)cc1C. The molecule has 1 N–H and O–H groups in total. The highest BCUT2D eigenvalue weighted by Gasteiger charge is 2.16. The van der Waals surface area contributed by atoms with E-state index < -0.39 is 0 Å². The molecule has 1 aromatic heterocycles. The Kier molecular flexibility index (Phi) is 3.72. The van der Waals surface area contributed by atoms with Gasteiger partial charge in [-0.3, -0.25) is 0 Å². The van der Waals surface area contributed by atoms with Crippen molar-refractivity contribution < 1.29 is 4.39 Å². The first-order valence-corrected chi connectivity index (χ1v) is 6.25. The third kappa shape index (κ3) is 2.28. The van der Waals surface area contributed by atoms with Gasteiger partial charge >= 0.3 is 0 Å². The lowest BCUT2D eigenvalue weighted by atomic mass is 10.2. The molecule has 5 nitrogen and oxygen atoms in total. The molecule has 0 saturated heterocycles. The number of benzene rings is 1. The number of nitrogens with zero attached hydrogens (tertiary/aromatic N) is 4. The zero-order valence-electron chi connectivity index (χ0n) is 10.3. The third-order valence-electron chi connectivity index (χ3n) is 2.78. The first-order chi connectivity index (χ1) is 8.54. The molecule has 0 aliphatic heterocycles. The summed E-state index contributed by atoms with van der Waals surface area (Å²) in [4.78, 5) is 0. The molecule has 1 atom stereocenters. The second kappa shape index (κ2) is 5.11. The Morgan fingerprint density at radius 1 is 1.44 bits per heavy atom. The highest BCUT2D eigenvalue weighted by molar-refractivity contribution is 9.10. The second-order valence-corrected chi connectivity index (χ2v) is 4.87. The Morgan fingerprint density at radius 2 is 2.17 bits per heavy atom. The van der Waals surface area contributed by atoms with Gasteiger partial charge in [0.2, 0.25) is 0 Å². The van der Waals surface area contributed by atoms with Crippen LogP contribution < -0.4 is 5.32 Å². The van der Waals surface area contributed by atoms with Gasteiger partial charge in [-0.15, -0.1) is 5.10 Å². The van der Waals surface area contributed by atoms with Crippen molar-refractivity contribution >= 4 is 15.9 Å². The van der Waals surface area contributed by atoms with Crippen LogP contribution in [0.2, 0.25) is 0 Å². The van der Waals surface area contributed by atoms with Crippen molar-refractivity contribution in [2.45, 2.75) is 19.9 Å². The standard InChI is InChI=1S/C11H13BrFN5/c1-6-4-8(12)9(13)5-10(6)18-11(7(2)14-3)15-16-17-18/h4-5,7,14H,1-3H3. The summed E-state index contributed by atoms with van der Waals surface area (Å²) in [6.07, 6.45) is 0. The van der Waals surface area contributed by atoms with Gasteiger partial charge in [-0.25, -0.2) is 4.39 Å². The molecule has 0 radical (unpaired) electrons. The molecule has 0 bridgehead atoms. The first kappa shape index (κ1) is 13.1. The molecule has 1 aromatic carbocycles. The number of rotatable bonds is 3. The zero-order valence-corrected chi connectivity index (χ0v) is 11.9. The maximum Gasteiger partial charge on any atom is 0.173 e. The number of tetrazole rings is 1. The molecule has 2 aromatic rings. The minimum absolute atomic E-state index is 0.0221. The molecule has 18 heavy (non-hydrogen) atoms. The van der Waals surface area contributed by atoms with Crippen LogP contribution in [0, 0.1) is 12.7 Å². The van der Waals surface area contributed by atoms with Crippen LogP contribution in [0.3, 0.4) is 0 Å². The smallest absolute Gasteiger partial charge is 0.173 e. The van der Waals surface area contributed by atoms with E-state index in [0.717, 1.165) is 5.56 Å². The van der Waals surface area contributed by atoms with Crippen molar-refractivity contribution in [3.05, 3.63) is 33.8 Å². The molecule has 1 heterocycles. The van der Waals surface area contributed by atoms with Crippen molar-refractivity contribution in [2.24, 2.45) is 0 Å². The van der Waals surface area contributed by atoms with Crippen LogP contribution in [-0.4, -0.2) is 27.3 Å². The number of halogens is 2. The number of aryl methyl sites for hydroxylation is 1. The van der Waals surface area contributed by atoms with Crippen LogP contribution in [0.4, 0.5) is 4.39 Å². The maximum atomic E-state index is 13.6. The number of hydrogen-bond donors (Lipinski definition) is 1. The lowest BCUT2D eigenvalue weighted by Gasteiger charge is -2.12. The van der Waals surface area contributed by atoms with E-state index in [2.05, 4.69) is 36.8 Å². The van der Waals surface area contributed by atoms with Crippen LogP contribution in [0.1, 0.15) is 24.4 Å². The van der Waals surface area contributed by atoms with E-state index in [-0.39, 0.29) is 11.9 Å². The topological polar surface area (TPSA) is 55.6 Å². The number of aromatic nitrogens is 4. The molecule has 0 saturated carbocycles. The lowest BCUT2D eigenvalue weighted by molar-refractivity contribution is 0.583. The van der Waals surface area contributed by atoms with Gasteiger partial charge in [0.05, 0.1) is 16.2 Å². The Bertz CT molecular complexity index is 569. The van der Waals surface area contributed by atoms with Crippen molar-refractivity contribution in [2.75, 3.05) is 7.05 Å². The molecule has 0 amide bonds. The van der Waals surface area contributed by atoms with Crippen LogP contribution in [0.5, 0.6) is 0 Å². The monoisotopic (exact) mass is 313 g/mol. The quantitative estimate of drug-likeness (QED) is 0.943. The van der Waals surface area contributed by atoms with Gasteiger partial charge in [-0.1, -0.05) is 0 Å². The molecular weight excluding hydrogens is 301 g/mol. The predicted octanol–water partition coefficient (Wildman–Crippen LogP) is 2.15. The van der Waals surface area contributed by atoms with Gasteiger partial charge in [-0.05, 0) is 58.9 Å². The van der Waals surface area contributed by atoms with Crippen molar-refractivity contribution in [1.82, 2.24) is 25.5 Å². The van der Waals surface area contributed by atoms with Gasteiger partial charge in [-0.2, -0.15) is 4.68 Å². The van der Waals surface area contributed by atoms with E-state index in [9.17, 15) is 4.39 Å².